The van der Waals surface area contributed by atoms with E-state index in [9.17, 15) is 14.0 Å². The zero-order chi connectivity index (χ0) is 20.0. The zero-order valence-electron chi connectivity index (χ0n) is 15.4. The second-order valence-corrected chi connectivity index (χ2v) is 7.82. The second-order valence-electron chi connectivity index (χ2n) is 7.43. The number of ether oxygens (including phenoxy) is 2. The van der Waals surface area contributed by atoms with Gasteiger partial charge < -0.3 is 9.47 Å². The maximum absolute atomic E-state index is 13.6. The molecule has 2 aromatic heterocycles. The Labute approximate surface area is 160 Å². The number of carbonyl (C=O) groups is 2. The van der Waals surface area contributed by atoms with E-state index < -0.39 is 29.4 Å². The lowest BCUT2D eigenvalue weighted by Crippen LogP contribution is -2.54. The van der Waals surface area contributed by atoms with Gasteiger partial charge in [0.05, 0.1) is 19.1 Å². The lowest BCUT2D eigenvalue weighted by Gasteiger charge is -2.42. The third kappa shape index (κ3) is 3.55. The fraction of sp³-hybridized carbons (Fsp3) is 0.529. The van der Waals surface area contributed by atoms with Crippen molar-refractivity contribution in [2.24, 2.45) is 0 Å². The van der Waals surface area contributed by atoms with Crippen molar-refractivity contribution in [1.29, 1.82) is 0 Å². The van der Waals surface area contributed by atoms with Crippen LogP contribution in [0.15, 0.2) is 12.4 Å². The summed E-state index contributed by atoms with van der Waals surface area (Å²) in [6.45, 7) is 5.21. The average molecular weight is 399 g/mol. The van der Waals surface area contributed by atoms with E-state index in [1.54, 1.807) is 20.8 Å². The number of rotatable bonds is 3. The second kappa shape index (κ2) is 6.63. The van der Waals surface area contributed by atoms with E-state index in [0.717, 1.165) is 0 Å². The van der Waals surface area contributed by atoms with Gasteiger partial charge in [0.1, 0.15) is 22.4 Å². The van der Waals surface area contributed by atoms with Gasteiger partial charge in [-0.25, -0.2) is 23.9 Å². The number of anilines is 1. The molecule has 1 N–H and O–H groups in total. The third-order valence-electron chi connectivity index (χ3n) is 4.25. The molecular weight excluding hydrogens is 379 g/mol. The maximum Gasteiger partial charge on any atom is 0.412 e. The number of fused-ring (bicyclic) bond motifs is 1. The number of nitrogens with zero attached hydrogens (tertiary/aromatic N) is 3. The van der Waals surface area contributed by atoms with Crippen molar-refractivity contribution < 1.29 is 23.5 Å². The highest BCUT2D eigenvalue weighted by atomic mass is 35.5. The molecule has 10 heteroatoms. The molecule has 27 heavy (non-hydrogen) atoms. The first-order valence-electron chi connectivity index (χ1n) is 8.32. The number of halogens is 2. The minimum atomic E-state index is -1.23. The van der Waals surface area contributed by atoms with Gasteiger partial charge in [0.25, 0.3) is 0 Å². The fourth-order valence-corrected chi connectivity index (χ4v) is 3.30. The van der Waals surface area contributed by atoms with E-state index in [1.807, 2.05) is 0 Å². The van der Waals surface area contributed by atoms with Gasteiger partial charge in [-0.05, 0) is 20.8 Å². The maximum atomic E-state index is 13.6. The van der Waals surface area contributed by atoms with Crippen LogP contribution in [0.25, 0.3) is 11.2 Å². The monoisotopic (exact) mass is 398 g/mol. The van der Waals surface area contributed by atoms with Gasteiger partial charge in [-0.15, -0.1) is 0 Å². The summed E-state index contributed by atoms with van der Waals surface area (Å²) >= 11 is 6.09. The van der Waals surface area contributed by atoms with Gasteiger partial charge in [-0.1, -0.05) is 11.6 Å². The van der Waals surface area contributed by atoms with Gasteiger partial charge in [-0.2, -0.15) is 0 Å². The quantitative estimate of drug-likeness (QED) is 0.628. The van der Waals surface area contributed by atoms with Crippen LogP contribution in [0, 0.1) is 0 Å². The highest BCUT2D eigenvalue weighted by molar-refractivity contribution is 6.30. The van der Waals surface area contributed by atoms with E-state index in [0.29, 0.717) is 5.52 Å². The van der Waals surface area contributed by atoms with E-state index in [2.05, 4.69) is 15.3 Å². The third-order valence-corrected chi connectivity index (χ3v) is 4.45. The molecule has 1 aliphatic rings. The van der Waals surface area contributed by atoms with Gasteiger partial charge in [0, 0.05) is 18.9 Å². The summed E-state index contributed by atoms with van der Waals surface area (Å²) in [5, 5.41) is 2.66. The number of pyridine rings is 1. The van der Waals surface area contributed by atoms with Crippen LogP contribution in [0.2, 0.25) is 5.15 Å². The number of nitrogens with one attached hydrogen (secondary N) is 1. The SMILES string of the molecule is COC(=O)C1(n2cnc3c(NC(=O)OC(C)(C)C)cc(Cl)nc32)CC(F)C1. The molecule has 1 fully saturated rings. The van der Waals surface area contributed by atoms with Crippen molar-refractivity contribution in [1.82, 2.24) is 14.5 Å². The van der Waals surface area contributed by atoms with Crippen molar-refractivity contribution in [3.63, 3.8) is 0 Å². The summed E-state index contributed by atoms with van der Waals surface area (Å²) in [6.07, 6.45) is -0.532. The first-order valence-corrected chi connectivity index (χ1v) is 8.70. The molecule has 2 heterocycles. The van der Waals surface area contributed by atoms with Crippen LogP contribution < -0.4 is 5.32 Å². The van der Waals surface area contributed by atoms with Crippen LogP contribution in [-0.4, -0.2) is 45.5 Å². The largest absolute Gasteiger partial charge is 0.467 e. The molecule has 0 radical (unpaired) electrons. The number of aromatic nitrogens is 3. The summed E-state index contributed by atoms with van der Waals surface area (Å²) in [5.41, 5.74) is -1.10. The Morgan fingerprint density at radius 2 is 2.07 bits per heavy atom. The number of imidazole rings is 1. The van der Waals surface area contributed by atoms with Crippen LogP contribution in [0.3, 0.4) is 0 Å². The highest BCUT2D eigenvalue weighted by Gasteiger charge is 2.54. The molecule has 3 rings (SSSR count). The van der Waals surface area contributed by atoms with Crippen molar-refractivity contribution in [3.8, 4) is 0 Å². The first-order chi connectivity index (χ1) is 12.6. The van der Waals surface area contributed by atoms with Crippen molar-refractivity contribution in [2.75, 3.05) is 12.4 Å². The molecule has 1 aliphatic carbocycles. The van der Waals surface area contributed by atoms with Crippen LogP contribution in [0.4, 0.5) is 14.9 Å². The fourth-order valence-electron chi connectivity index (χ4n) is 3.11. The minimum absolute atomic E-state index is 0.0475. The number of hydrogen-bond acceptors (Lipinski definition) is 6. The van der Waals surface area contributed by atoms with E-state index in [1.165, 1.54) is 24.1 Å². The van der Waals surface area contributed by atoms with Crippen molar-refractivity contribution in [2.45, 2.75) is 50.9 Å². The van der Waals surface area contributed by atoms with Gasteiger partial charge in [-0.3, -0.25) is 9.88 Å². The average Bonchev–Trinajstić information content (AvgIpc) is 2.93. The molecule has 0 bridgehead atoms. The standard InChI is InChI=1S/C17H20ClFN4O4/c1-16(2,3)27-15(25)21-10-5-11(18)22-13-12(10)20-8-23(13)17(14(24)26-4)6-9(19)7-17/h5,8-9H,6-7H2,1-4H3,(H,21,22,25). The number of hydrogen-bond donors (Lipinski definition) is 1. The number of methoxy groups -OCH3 is 1. The topological polar surface area (TPSA) is 95.3 Å². The zero-order valence-corrected chi connectivity index (χ0v) is 16.1. The normalized spacial score (nSPS) is 22.2. The summed E-state index contributed by atoms with van der Waals surface area (Å²) in [4.78, 5) is 32.9. The van der Waals surface area contributed by atoms with E-state index >= 15 is 0 Å². The molecule has 1 amide bonds. The number of alkyl halides is 1. The molecule has 146 valence electrons. The molecule has 0 unspecified atom stereocenters. The van der Waals surface area contributed by atoms with Crippen LogP contribution in [0.1, 0.15) is 33.6 Å². The Balaban J connectivity index is 2.03. The molecule has 0 aliphatic heterocycles. The lowest BCUT2D eigenvalue weighted by molar-refractivity contribution is -0.160. The predicted octanol–water partition coefficient (Wildman–Crippen LogP) is 3.43. The smallest absolute Gasteiger partial charge is 0.412 e. The predicted molar refractivity (Wildman–Crippen MR) is 96.5 cm³/mol. The Hall–Kier alpha value is -2.42. The van der Waals surface area contributed by atoms with E-state index in [-0.39, 0.29) is 29.3 Å². The van der Waals surface area contributed by atoms with E-state index in [4.69, 9.17) is 21.1 Å². The summed E-state index contributed by atoms with van der Waals surface area (Å²) in [5.74, 6) is -0.584. The van der Waals surface area contributed by atoms with Crippen LogP contribution >= 0.6 is 11.6 Å². The number of carbonyl (C=O) groups excluding carboxylic acids is 2. The molecule has 0 spiro atoms. The Bertz CT molecular complexity index is 902. The number of amides is 1. The molecule has 0 saturated heterocycles. The van der Waals surface area contributed by atoms with Crippen molar-refractivity contribution in [3.05, 3.63) is 17.5 Å². The lowest BCUT2D eigenvalue weighted by atomic mass is 9.75. The summed E-state index contributed by atoms with van der Waals surface area (Å²) in [6, 6.07) is 1.43. The summed E-state index contributed by atoms with van der Waals surface area (Å²) < 4.78 is 25.2. The molecule has 0 atom stereocenters. The molecule has 0 aromatic carbocycles. The number of esters is 1. The Morgan fingerprint density at radius 1 is 1.41 bits per heavy atom. The molecule has 2 aromatic rings. The Kier molecular flexibility index (Phi) is 4.75. The van der Waals surface area contributed by atoms with Gasteiger partial charge in [0.2, 0.25) is 0 Å². The highest BCUT2D eigenvalue weighted by Crippen LogP contribution is 2.44. The molecule has 8 nitrogen and oxygen atoms in total. The Morgan fingerprint density at radius 3 is 2.63 bits per heavy atom. The summed E-state index contributed by atoms with van der Waals surface area (Å²) in [7, 11) is 1.24. The first kappa shape index (κ1) is 19.3. The minimum Gasteiger partial charge on any atom is -0.467 e. The van der Waals surface area contributed by atoms with Crippen LogP contribution in [-0.2, 0) is 19.8 Å². The van der Waals surface area contributed by atoms with Crippen molar-refractivity contribution >= 4 is 40.5 Å². The van der Waals surface area contributed by atoms with Gasteiger partial charge in [0.15, 0.2) is 11.2 Å². The molecule has 1 saturated carbocycles. The van der Waals surface area contributed by atoms with Gasteiger partial charge >= 0.3 is 12.1 Å². The van der Waals surface area contributed by atoms with Crippen LogP contribution in [0.5, 0.6) is 0 Å². The molecular formula is C17H20ClFN4O4.